The van der Waals surface area contributed by atoms with Crippen molar-refractivity contribution >= 4 is 22.6 Å². The molecular weight excluding hydrogens is 274 g/mol. The molecule has 1 fully saturated rings. The van der Waals surface area contributed by atoms with Gasteiger partial charge >= 0.3 is 0 Å². The molecular formula is C11H26ClN3O2S. The minimum absolute atomic E-state index is 0. The maximum atomic E-state index is 12.3. The summed E-state index contributed by atoms with van der Waals surface area (Å²) < 4.78 is 27.6. The average Bonchev–Trinajstić information content (AvgIpc) is 2.20. The third kappa shape index (κ3) is 3.57. The van der Waals surface area contributed by atoms with Gasteiger partial charge in [0, 0.05) is 32.2 Å². The van der Waals surface area contributed by atoms with Crippen molar-refractivity contribution in [1.82, 2.24) is 8.61 Å². The summed E-state index contributed by atoms with van der Waals surface area (Å²) in [4.78, 5) is 0. The zero-order valence-corrected chi connectivity index (χ0v) is 13.5. The van der Waals surface area contributed by atoms with Crippen molar-refractivity contribution in [3.63, 3.8) is 0 Å². The van der Waals surface area contributed by atoms with Gasteiger partial charge in [-0.15, -0.1) is 12.4 Å². The van der Waals surface area contributed by atoms with Crippen molar-refractivity contribution in [2.75, 3.05) is 20.1 Å². The summed E-state index contributed by atoms with van der Waals surface area (Å²) in [7, 11) is -1.72. The Labute approximate surface area is 117 Å². The van der Waals surface area contributed by atoms with Crippen LogP contribution in [0, 0.1) is 5.41 Å². The first-order valence-corrected chi connectivity index (χ1v) is 7.47. The van der Waals surface area contributed by atoms with Gasteiger partial charge in [0.25, 0.3) is 10.2 Å². The summed E-state index contributed by atoms with van der Waals surface area (Å²) >= 11 is 0. The van der Waals surface area contributed by atoms with Gasteiger partial charge in [0.2, 0.25) is 0 Å². The molecule has 7 heteroatoms. The van der Waals surface area contributed by atoms with E-state index < -0.39 is 10.2 Å². The van der Waals surface area contributed by atoms with Crippen LogP contribution in [-0.2, 0) is 10.2 Å². The maximum absolute atomic E-state index is 12.3. The smallest absolute Gasteiger partial charge is 0.281 e. The third-order valence-electron chi connectivity index (χ3n) is 3.69. The van der Waals surface area contributed by atoms with Crippen LogP contribution in [0.2, 0.25) is 0 Å². The van der Waals surface area contributed by atoms with E-state index in [1.54, 1.807) is 11.4 Å². The van der Waals surface area contributed by atoms with Crippen molar-refractivity contribution in [2.45, 2.75) is 46.2 Å². The molecule has 0 radical (unpaired) electrons. The average molecular weight is 300 g/mol. The van der Waals surface area contributed by atoms with Gasteiger partial charge in [-0.25, -0.2) is 0 Å². The fourth-order valence-corrected chi connectivity index (χ4v) is 3.70. The highest BCUT2D eigenvalue weighted by Gasteiger charge is 2.40. The number of hydrogen-bond donors (Lipinski definition) is 1. The lowest BCUT2D eigenvalue weighted by atomic mass is 9.81. The molecule has 18 heavy (non-hydrogen) atoms. The van der Waals surface area contributed by atoms with Crippen LogP contribution in [-0.4, -0.2) is 49.2 Å². The summed E-state index contributed by atoms with van der Waals surface area (Å²) in [6.07, 6.45) is 0.720. The van der Waals surface area contributed by atoms with Crippen LogP contribution in [0.5, 0.6) is 0 Å². The molecule has 110 valence electrons. The topological polar surface area (TPSA) is 66.6 Å². The fraction of sp³-hybridized carbons (Fsp3) is 1.00. The normalized spacial score (nSPS) is 25.2. The van der Waals surface area contributed by atoms with E-state index in [4.69, 9.17) is 5.73 Å². The van der Waals surface area contributed by atoms with Crippen molar-refractivity contribution in [3.8, 4) is 0 Å². The van der Waals surface area contributed by atoms with Gasteiger partial charge in [-0.2, -0.15) is 17.0 Å². The Morgan fingerprint density at radius 3 is 2.28 bits per heavy atom. The van der Waals surface area contributed by atoms with Gasteiger partial charge in [0.05, 0.1) is 0 Å². The Hall–Kier alpha value is 0.120. The minimum atomic E-state index is -3.34. The Morgan fingerprint density at radius 2 is 1.89 bits per heavy atom. The van der Waals surface area contributed by atoms with Crippen molar-refractivity contribution < 1.29 is 8.42 Å². The summed E-state index contributed by atoms with van der Waals surface area (Å²) in [5.74, 6) is 0. The summed E-state index contributed by atoms with van der Waals surface area (Å²) in [6, 6.07) is 0.0389. The summed E-state index contributed by atoms with van der Waals surface area (Å²) in [5.41, 5.74) is 5.86. The van der Waals surface area contributed by atoms with E-state index in [1.165, 1.54) is 4.31 Å². The Bertz CT molecular complexity index is 370. The van der Waals surface area contributed by atoms with E-state index >= 15 is 0 Å². The number of nitrogens with zero attached hydrogens (tertiary/aromatic N) is 2. The molecule has 0 spiro atoms. The molecule has 1 aliphatic heterocycles. The van der Waals surface area contributed by atoms with Crippen LogP contribution in [0.4, 0.5) is 0 Å². The van der Waals surface area contributed by atoms with Crippen molar-refractivity contribution in [3.05, 3.63) is 0 Å². The van der Waals surface area contributed by atoms with E-state index in [0.29, 0.717) is 13.1 Å². The second-order valence-electron chi connectivity index (χ2n) is 5.84. The molecule has 5 nitrogen and oxygen atoms in total. The molecule has 0 amide bonds. The predicted molar refractivity (Wildman–Crippen MR) is 77.0 cm³/mol. The fourth-order valence-electron chi connectivity index (χ4n) is 1.97. The SMILES string of the molecule is CC(C)N(C)S(=O)(=O)N1CCC(N)C(C)(C)C1.Cl. The van der Waals surface area contributed by atoms with Crippen LogP contribution in [0.3, 0.4) is 0 Å². The van der Waals surface area contributed by atoms with Gasteiger partial charge in [0.15, 0.2) is 0 Å². The number of hydrogen-bond acceptors (Lipinski definition) is 3. The number of halogens is 1. The summed E-state index contributed by atoms with van der Waals surface area (Å²) in [5, 5.41) is 0. The Kier molecular flexibility index (Phi) is 6.09. The quantitative estimate of drug-likeness (QED) is 0.847. The molecule has 0 aromatic carbocycles. The highest BCUT2D eigenvalue weighted by atomic mass is 35.5. The van der Waals surface area contributed by atoms with E-state index in [1.807, 2.05) is 27.7 Å². The minimum Gasteiger partial charge on any atom is -0.327 e. The zero-order valence-electron chi connectivity index (χ0n) is 11.9. The second-order valence-corrected chi connectivity index (χ2v) is 7.82. The van der Waals surface area contributed by atoms with E-state index in [2.05, 4.69) is 0 Å². The van der Waals surface area contributed by atoms with Crippen LogP contribution in [0.15, 0.2) is 0 Å². The van der Waals surface area contributed by atoms with Crippen molar-refractivity contribution in [1.29, 1.82) is 0 Å². The van der Waals surface area contributed by atoms with Gasteiger partial charge in [-0.3, -0.25) is 0 Å². The molecule has 1 heterocycles. The second kappa shape index (κ2) is 6.05. The van der Waals surface area contributed by atoms with Gasteiger partial charge in [-0.05, 0) is 25.7 Å². The number of rotatable bonds is 3. The largest absolute Gasteiger partial charge is 0.327 e. The van der Waals surface area contributed by atoms with E-state index in [0.717, 1.165) is 6.42 Å². The maximum Gasteiger partial charge on any atom is 0.281 e. The van der Waals surface area contributed by atoms with Crippen molar-refractivity contribution in [2.24, 2.45) is 11.1 Å². The molecule has 0 saturated carbocycles. The lowest BCUT2D eigenvalue weighted by molar-refractivity contribution is 0.148. The van der Waals surface area contributed by atoms with Gasteiger partial charge < -0.3 is 5.73 Å². The molecule has 1 saturated heterocycles. The number of nitrogens with two attached hydrogens (primary N) is 1. The zero-order chi connectivity index (χ0) is 13.4. The molecule has 1 unspecified atom stereocenters. The van der Waals surface area contributed by atoms with E-state index in [-0.39, 0.29) is 29.9 Å². The van der Waals surface area contributed by atoms with Crippen LogP contribution in [0.25, 0.3) is 0 Å². The molecule has 1 atom stereocenters. The van der Waals surface area contributed by atoms with Gasteiger partial charge in [0.1, 0.15) is 0 Å². The molecule has 0 aliphatic carbocycles. The molecule has 0 bridgehead atoms. The first kappa shape index (κ1) is 18.1. The lowest BCUT2D eigenvalue weighted by Crippen LogP contribution is -2.56. The molecule has 1 aliphatic rings. The molecule has 1 rings (SSSR count). The Balaban J connectivity index is 0.00000289. The molecule has 0 aromatic heterocycles. The van der Waals surface area contributed by atoms with Crippen LogP contribution in [0.1, 0.15) is 34.1 Å². The number of piperidine rings is 1. The highest BCUT2D eigenvalue weighted by molar-refractivity contribution is 7.86. The van der Waals surface area contributed by atoms with Crippen LogP contribution >= 0.6 is 12.4 Å². The van der Waals surface area contributed by atoms with Crippen LogP contribution < -0.4 is 5.73 Å². The highest BCUT2D eigenvalue weighted by Crippen LogP contribution is 2.30. The first-order chi connectivity index (χ1) is 7.59. The molecule has 0 aromatic rings. The standard InChI is InChI=1S/C11H25N3O2S.ClH/c1-9(2)13(5)17(15,16)14-7-6-10(12)11(3,4)8-14;/h9-10H,6-8,12H2,1-5H3;1H. The van der Waals surface area contributed by atoms with Gasteiger partial charge in [-0.1, -0.05) is 13.8 Å². The first-order valence-electron chi connectivity index (χ1n) is 6.07. The summed E-state index contributed by atoms with van der Waals surface area (Å²) in [6.45, 7) is 8.80. The predicted octanol–water partition coefficient (Wildman–Crippen LogP) is 1.05. The molecule has 2 N–H and O–H groups in total. The Morgan fingerprint density at radius 1 is 1.39 bits per heavy atom. The monoisotopic (exact) mass is 299 g/mol. The van der Waals surface area contributed by atoms with E-state index in [9.17, 15) is 8.42 Å². The lowest BCUT2D eigenvalue weighted by Gasteiger charge is -2.43. The third-order valence-corrected chi connectivity index (χ3v) is 5.81.